The van der Waals surface area contributed by atoms with Crippen LogP contribution in [-0.4, -0.2) is 18.1 Å². The maximum Gasteiger partial charge on any atom is 0.137 e. The molecule has 0 aliphatic heterocycles. The molecule has 1 fully saturated rings. The van der Waals surface area contributed by atoms with Crippen molar-refractivity contribution >= 4 is 0 Å². The van der Waals surface area contributed by atoms with E-state index in [0.717, 1.165) is 43.4 Å². The molecular formula is C16H26N2O. The number of nitrogens with zero attached hydrogens (tertiary/aromatic N) is 1. The Hall–Kier alpha value is -1.09. The van der Waals surface area contributed by atoms with Crippen LogP contribution in [0.3, 0.4) is 0 Å². The Morgan fingerprint density at radius 2 is 2.21 bits per heavy atom. The summed E-state index contributed by atoms with van der Waals surface area (Å²) in [6, 6.07) is 4.50. The monoisotopic (exact) mass is 262 g/mol. The molecule has 1 unspecified atom stereocenters. The van der Waals surface area contributed by atoms with Crippen LogP contribution in [0.2, 0.25) is 0 Å². The lowest BCUT2D eigenvalue weighted by Crippen LogP contribution is -2.22. The predicted octanol–water partition coefficient (Wildman–Crippen LogP) is 3.71. The predicted molar refractivity (Wildman–Crippen MR) is 78.4 cm³/mol. The van der Waals surface area contributed by atoms with Gasteiger partial charge in [0.2, 0.25) is 0 Å². The third-order valence-electron chi connectivity index (χ3n) is 3.66. The van der Waals surface area contributed by atoms with Crippen LogP contribution < -0.4 is 10.1 Å². The highest BCUT2D eigenvalue weighted by molar-refractivity contribution is 5.21. The fourth-order valence-corrected chi connectivity index (χ4v) is 2.21. The largest absolute Gasteiger partial charge is 0.492 e. The molecule has 1 saturated carbocycles. The molecule has 106 valence electrons. The van der Waals surface area contributed by atoms with E-state index in [0.29, 0.717) is 6.04 Å². The minimum atomic E-state index is 0.362. The van der Waals surface area contributed by atoms with Gasteiger partial charge in [-0.25, -0.2) is 0 Å². The minimum Gasteiger partial charge on any atom is -0.492 e. The molecule has 0 radical (unpaired) electrons. The third kappa shape index (κ3) is 4.83. The second-order valence-corrected chi connectivity index (χ2v) is 5.41. The number of aromatic nitrogens is 1. The van der Waals surface area contributed by atoms with E-state index in [1.807, 2.05) is 12.3 Å². The van der Waals surface area contributed by atoms with Crippen LogP contribution in [0.1, 0.15) is 57.7 Å². The zero-order chi connectivity index (χ0) is 13.5. The van der Waals surface area contributed by atoms with Crippen molar-refractivity contribution in [2.24, 2.45) is 5.92 Å². The Morgan fingerprint density at radius 1 is 1.37 bits per heavy atom. The summed E-state index contributed by atoms with van der Waals surface area (Å²) >= 11 is 0. The topological polar surface area (TPSA) is 34.1 Å². The van der Waals surface area contributed by atoms with Crippen molar-refractivity contribution in [3.8, 4) is 5.75 Å². The second kappa shape index (κ2) is 7.49. The van der Waals surface area contributed by atoms with Gasteiger partial charge in [-0.15, -0.1) is 0 Å². The van der Waals surface area contributed by atoms with E-state index in [1.165, 1.54) is 19.3 Å². The lowest BCUT2D eigenvalue weighted by atomic mass is 10.1. The molecule has 1 aliphatic carbocycles. The van der Waals surface area contributed by atoms with Gasteiger partial charge in [-0.1, -0.05) is 26.7 Å². The first-order valence-corrected chi connectivity index (χ1v) is 7.65. The van der Waals surface area contributed by atoms with E-state index in [9.17, 15) is 0 Å². The Kier molecular flexibility index (Phi) is 5.64. The van der Waals surface area contributed by atoms with Crippen LogP contribution in [0.4, 0.5) is 0 Å². The number of rotatable bonds is 9. The van der Waals surface area contributed by atoms with Gasteiger partial charge >= 0.3 is 0 Å². The molecule has 0 saturated heterocycles. The lowest BCUT2D eigenvalue weighted by Gasteiger charge is -2.16. The first-order valence-electron chi connectivity index (χ1n) is 7.65. The van der Waals surface area contributed by atoms with Crippen molar-refractivity contribution in [2.45, 2.75) is 52.0 Å². The van der Waals surface area contributed by atoms with Crippen molar-refractivity contribution in [1.82, 2.24) is 10.3 Å². The number of hydrogen-bond acceptors (Lipinski definition) is 3. The summed E-state index contributed by atoms with van der Waals surface area (Å²) < 4.78 is 5.72. The summed E-state index contributed by atoms with van der Waals surface area (Å²) in [5, 5.41) is 3.52. The molecule has 2 rings (SSSR count). The van der Waals surface area contributed by atoms with Crippen molar-refractivity contribution in [2.75, 3.05) is 13.2 Å². The van der Waals surface area contributed by atoms with Gasteiger partial charge in [-0.2, -0.15) is 0 Å². The molecule has 0 aromatic carbocycles. The highest BCUT2D eigenvalue weighted by Crippen LogP contribution is 2.32. The van der Waals surface area contributed by atoms with E-state index in [1.54, 1.807) is 0 Å². The standard InChI is InChI=1S/C16H26N2O/c1-3-10-17-15(4-2)16-8-7-14(12-18-16)19-11-9-13-5-6-13/h7-8,12-13,15,17H,3-6,9-11H2,1-2H3. The zero-order valence-electron chi connectivity index (χ0n) is 12.2. The van der Waals surface area contributed by atoms with Crippen molar-refractivity contribution in [1.29, 1.82) is 0 Å². The molecule has 1 atom stereocenters. The fraction of sp³-hybridized carbons (Fsp3) is 0.688. The Balaban J connectivity index is 1.81. The molecule has 1 N–H and O–H groups in total. The van der Waals surface area contributed by atoms with Gasteiger partial charge in [0.1, 0.15) is 5.75 Å². The summed E-state index contributed by atoms with van der Waals surface area (Å²) in [7, 11) is 0. The van der Waals surface area contributed by atoms with Gasteiger partial charge in [0.15, 0.2) is 0 Å². The summed E-state index contributed by atoms with van der Waals surface area (Å²) in [5.74, 6) is 1.82. The molecule has 1 aromatic rings. The van der Waals surface area contributed by atoms with Gasteiger partial charge in [0.25, 0.3) is 0 Å². The van der Waals surface area contributed by atoms with Gasteiger partial charge < -0.3 is 10.1 Å². The van der Waals surface area contributed by atoms with Crippen LogP contribution in [0.15, 0.2) is 18.3 Å². The van der Waals surface area contributed by atoms with Crippen molar-refractivity contribution in [3.63, 3.8) is 0 Å². The number of pyridine rings is 1. The molecule has 3 nitrogen and oxygen atoms in total. The molecule has 0 amide bonds. The number of hydrogen-bond donors (Lipinski definition) is 1. The maximum absolute atomic E-state index is 5.72. The number of ether oxygens (including phenoxy) is 1. The molecule has 1 aliphatic rings. The lowest BCUT2D eigenvalue weighted by molar-refractivity contribution is 0.301. The van der Waals surface area contributed by atoms with Gasteiger partial charge in [0, 0.05) is 6.04 Å². The van der Waals surface area contributed by atoms with Gasteiger partial charge in [-0.05, 0) is 43.9 Å². The van der Waals surface area contributed by atoms with Gasteiger partial charge in [-0.3, -0.25) is 4.98 Å². The average molecular weight is 262 g/mol. The highest BCUT2D eigenvalue weighted by atomic mass is 16.5. The number of nitrogens with one attached hydrogen (secondary N) is 1. The molecule has 0 bridgehead atoms. The Labute approximate surface area is 116 Å². The van der Waals surface area contributed by atoms with Crippen molar-refractivity contribution in [3.05, 3.63) is 24.0 Å². The van der Waals surface area contributed by atoms with Crippen LogP contribution in [-0.2, 0) is 0 Å². The fourth-order valence-electron chi connectivity index (χ4n) is 2.21. The molecule has 3 heteroatoms. The zero-order valence-corrected chi connectivity index (χ0v) is 12.2. The van der Waals surface area contributed by atoms with Gasteiger partial charge in [0.05, 0.1) is 18.5 Å². The van der Waals surface area contributed by atoms with E-state index < -0.39 is 0 Å². The molecule has 0 spiro atoms. The van der Waals surface area contributed by atoms with Crippen LogP contribution in [0.5, 0.6) is 5.75 Å². The normalized spacial score (nSPS) is 16.3. The van der Waals surface area contributed by atoms with Crippen LogP contribution in [0, 0.1) is 5.92 Å². The van der Waals surface area contributed by atoms with Crippen LogP contribution in [0.25, 0.3) is 0 Å². The molecule has 1 aromatic heterocycles. The average Bonchev–Trinajstić information content (AvgIpc) is 3.25. The maximum atomic E-state index is 5.72. The van der Waals surface area contributed by atoms with E-state index in [2.05, 4.69) is 30.2 Å². The second-order valence-electron chi connectivity index (χ2n) is 5.41. The van der Waals surface area contributed by atoms with Crippen molar-refractivity contribution < 1.29 is 4.74 Å². The summed E-state index contributed by atoms with van der Waals surface area (Å²) in [6.45, 7) is 6.25. The van der Waals surface area contributed by atoms with E-state index in [4.69, 9.17) is 4.74 Å². The summed E-state index contributed by atoms with van der Waals surface area (Å²) in [6.07, 6.45) is 8.05. The summed E-state index contributed by atoms with van der Waals surface area (Å²) in [4.78, 5) is 4.53. The van der Waals surface area contributed by atoms with E-state index in [-0.39, 0.29) is 0 Å². The van der Waals surface area contributed by atoms with Crippen LogP contribution >= 0.6 is 0 Å². The molecular weight excluding hydrogens is 236 g/mol. The first-order chi connectivity index (χ1) is 9.33. The highest BCUT2D eigenvalue weighted by Gasteiger charge is 2.20. The third-order valence-corrected chi connectivity index (χ3v) is 3.66. The quantitative estimate of drug-likeness (QED) is 0.736. The Bertz CT molecular complexity index is 360. The summed E-state index contributed by atoms with van der Waals surface area (Å²) in [5.41, 5.74) is 1.12. The smallest absolute Gasteiger partial charge is 0.137 e. The molecule has 19 heavy (non-hydrogen) atoms. The molecule has 1 heterocycles. The first kappa shape index (κ1) is 14.3. The van der Waals surface area contributed by atoms with E-state index >= 15 is 0 Å². The SMILES string of the molecule is CCCNC(CC)c1ccc(OCCC2CC2)cn1. The minimum absolute atomic E-state index is 0.362. The Morgan fingerprint density at radius 3 is 2.79 bits per heavy atom.